The fourth-order valence-electron chi connectivity index (χ4n) is 1.95. The van der Waals surface area contributed by atoms with Crippen molar-refractivity contribution < 1.29 is 9.53 Å². The number of carbonyl (C=O) groups is 1. The van der Waals surface area contributed by atoms with Crippen LogP contribution in [0.25, 0.3) is 0 Å². The lowest BCUT2D eigenvalue weighted by atomic mass is 10.3. The number of rotatable bonds is 0. The van der Waals surface area contributed by atoms with Crippen LogP contribution in [0, 0.1) is 0 Å². The molecule has 7 nitrogen and oxygen atoms in total. The Labute approximate surface area is 127 Å². The second-order valence-corrected chi connectivity index (χ2v) is 4.58. The molecule has 0 unspecified atom stereocenters. The molecule has 1 amide bonds. The van der Waals surface area contributed by atoms with E-state index in [0.29, 0.717) is 30.5 Å². The van der Waals surface area contributed by atoms with Crippen molar-refractivity contribution in [2.75, 3.05) is 23.8 Å². The Morgan fingerprint density at radius 1 is 1.18 bits per heavy atom. The smallest absolute Gasteiger partial charge is 0.274 e. The minimum Gasteiger partial charge on any atom is -0.491 e. The van der Waals surface area contributed by atoms with E-state index in [1.54, 1.807) is 30.7 Å². The van der Waals surface area contributed by atoms with Crippen LogP contribution in [0.2, 0.25) is 0 Å². The van der Waals surface area contributed by atoms with Gasteiger partial charge in [-0.05, 0) is 12.5 Å². The number of hydrogen-bond acceptors (Lipinski definition) is 6. The molecule has 2 bridgehead atoms. The van der Waals surface area contributed by atoms with Crippen LogP contribution < -0.4 is 15.4 Å². The summed E-state index contributed by atoms with van der Waals surface area (Å²) in [4.78, 5) is 24.6. The predicted octanol–water partition coefficient (Wildman–Crippen LogP) is 1.87. The second-order valence-electron chi connectivity index (χ2n) is 4.58. The third-order valence-electron chi connectivity index (χ3n) is 3.00. The molecule has 0 spiro atoms. The fourth-order valence-corrected chi connectivity index (χ4v) is 1.95. The molecule has 0 atom stereocenters. The maximum absolute atomic E-state index is 12.3. The van der Waals surface area contributed by atoms with E-state index in [1.807, 2.05) is 12.2 Å². The number of pyridine rings is 1. The summed E-state index contributed by atoms with van der Waals surface area (Å²) in [6, 6.07) is 3.28. The van der Waals surface area contributed by atoms with Gasteiger partial charge in [-0.2, -0.15) is 0 Å². The molecular weight excluding hydrogens is 282 g/mol. The normalized spacial score (nSPS) is 16.3. The average molecular weight is 297 g/mol. The third-order valence-corrected chi connectivity index (χ3v) is 3.00. The number of anilines is 2. The van der Waals surface area contributed by atoms with Crippen molar-refractivity contribution in [3.05, 3.63) is 48.6 Å². The number of hydrogen-bond donors (Lipinski definition) is 2. The molecule has 2 N–H and O–H groups in total. The molecule has 0 radical (unpaired) electrons. The molecule has 112 valence electrons. The van der Waals surface area contributed by atoms with Crippen LogP contribution in [0.3, 0.4) is 0 Å². The van der Waals surface area contributed by atoms with E-state index in [9.17, 15) is 4.79 Å². The lowest BCUT2D eigenvalue weighted by molar-refractivity contribution is 0.102. The minimum absolute atomic E-state index is 0.272. The van der Waals surface area contributed by atoms with Gasteiger partial charge in [-0.25, -0.2) is 9.97 Å². The van der Waals surface area contributed by atoms with Gasteiger partial charge in [0.05, 0.1) is 12.8 Å². The molecule has 0 saturated heterocycles. The van der Waals surface area contributed by atoms with Crippen molar-refractivity contribution in [1.29, 1.82) is 0 Å². The number of amides is 1. The first-order valence-corrected chi connectivity index (χ1v) is 6.93. The average Bonchev–Trinajstić information content (AvgIpc) is 2.55. The Kier molecular flexibility index (Phi) is 4.24. The minimum atomic E-state index is -0.337. The number of carbonyl (C=O) groups excluding carboxylic acids is 1. The molecule has 2 aromatic rings. The van der Waals surface area contributed by atoms with Crippen molar-refractivity contribution in [3.63, 3.8) is 0 Å². The van der Waals surface area contributed by atoms with Crippen LogP contribution in [-0.4, -0.2) is 34.0 Å². The molecule has 22 heavy (non-hydrogen) atoms. The maximum atomic E-state index is 12.3. The highest BCUT2D eigenvalue weighted by Gasteiger charge is 2.12. The molecule has 0 aliphatic carbocycles. The number of ether oxygens (including phenoxy) is 1. The first-order valence-electron chi connectivity index (χ1n) is 6.93. The van der Waals surface area contributed by atoms with Gasteiger partial charge in [0.2, 0.25) is 5.95 Å². The summed E-state index contributed by atoms with van der Waals surface area (Å²) in [5.74, 6) is 0.661. The van der Waals surface area contributed by atoms with E-state index in [0.717, 1.165) is 6.42 Å². The largest absolute Gasteiger partial charge is 0.491 e. The summed E-state index contributed by atoms with van der Waals surface area (Å²) in [6.07, 6.45) is 9.46. The zero-order valence-electron chi connectivity index (χ0n) is 11.8. The van der Waals surface area contributed by atoms with Crippen LogP contribution in [0.4, 0.5) is 11.6 Å². The van der Waals surface area contributed by atoms with E-state index in [1.165, 1.54) is 0 Å². The summed E-state index contributed by atoms with van der Waals surface area (Å²) in [5, 5.41) is 5.80. The van der Waals surface area contributed by atoms with E-state index < -0.39 is 0 Å². The third kappa shape index (κ3) is 3.38. The van der Waals surface area contributed by atoms with E-state index in [-0.39, 0.29) is 11.6 Å². The Bertz CT molecular complexity index is 702. The van der Waals surface area contributed by atoms with Gasteiger partial charge in [0, 0.05) is 25.0 Å². The van der Waals surface area contributed by atoms with Crippen LogP contribution in [-0.2, 0) is 0 Å². The van der Waals surface area contributed by atoms with E-state index in [2.05, 4.69) is 25.6 Å². The Morgan fingerprint density at radius 2 is 2.14 bits per heavy atom. The summed E-state index contributed by atoms with van der Waals surface area (Å²) < 4.78 is 5.68. The first-order chi connectivity index (χ1) is 10.8. The second kappa shape index (κ2) is 6.66. The maximum Gasteiger partial charge on any atom is 0.274 e. The van der Waals surface area contributed by atoms with E-state index >= 15 is 0 Å². The SMILES string of the molecule is O=C1Nc2cnccc2OCC/C=C/CNc2nccc1n2. The molecule has 1 aliphatic rings. The van der Waals surface area contributed by atoms with Crippen LogP contribution in [0.5, 0.6) is 5.75 Å². The first kappa shape index (κ1) is 14.0. The molecule has 0 fully saturated rings. The molecule has 7 heteroatoms. The topological polar surface area (TPSA) is 89.0 Å². The molecule has 3 rings (SSSR count). The van der Waals surface area contributed by atoms with Crippen molar-refractivity contribution in [2.45, 2.75) is 6.42 Å². The zero-order valence-corrected chi connectivity index (χ0v) is 11.8. The van der Waals surface area contributed by atoms with E-state index in [4.69, 9.17) is 4.74 Å². The van der Waals surface area contributed by atoms with Gasteiger partial charge < -0.3 is 15.4 Å². The van der Waals surface area contributed by atoms with Gasteiger partial charge in [0.1, 0.15) is 17.1 Å². The summed E-state index contributed by atoms with van der Waals surface area (Å²) in [5.41, 5.74) is 0.787. The molecule has 2 aromatic heterocycles. The van der Waals surface area contributed by atoms with Gasteiger partial charge in [-0.3, -0.25) is 9.78 Å². The van der Waals surface area contributed by atoms with Crippen molar-refractivity contribution in [3.8, 4) is 5.75 Å². The summed E-state index contributed by atoms with van der Waals surface area (Å²) in [6.45, 7) is 1.11. The predicted molar refractivity (Wildman–Crippen MR) is 82.0 cm³/mol. The Morgan fingerprint density at radius 3 is 3.09 bits per heavy atom. The number of aromatic nitrogens is 3. The van der Waals surface area contributed by atoms with Gasteiger partial charge in [0.15, 0.2) is 0 Å². The van der Waals surface area contributed by atoms with Crippen molar-refractivity contribution in [2.24, 2.45) is 0 Å². The summed E-state index contributed by atoms with van der Waals surface area (Å²) in [7, 11) is 0. The summed E-state index contributed by atoms with van der Waals surface area (Å²) >= 11 is 0. The van der Waals surface area contributed by atoms with Gasteiger partial charge in [-0.15, -0.1) is 0 Å². The lowest BCUT2D eigenvalue weighted by Gasteiger charge is -2.12. The van der Waals surface area contributed by atoms with Gasteiger partial charge in [-0.1, -0.05) is 12.2 Å². The monoisotopic (exact) mass is 297 g/mol. The highest BCUT2D eigenvalue weighted by atomic mass is 16.5. The van der Waals surface area contributed by atoms with Crippen LogP contribution >= 0.6 is 0 Å². The molecule has 1 aliphatic heterocycles. The Balaban J connectivity index is 1.92. The number of nitrogens with zero attached hydrogens (tertiary/aromatic N) is 3. The molecular formula is C15H15N5O2. The van der Waals surface area contributed by atoms with Gasteiger partial charge in [0.25, 0.3) is 5.91 Å². The number of fused-ring (bicyclic) bond motifs is 3. The molecule has 0 aromatic carbocycles. The highest BCUT2D eigenvalue weighted by molar-refractivity contribution is 6.03. The van der Waals surface area contributed by atoms with Crippen LogP contribution in [0.1, 0.15) is 16.9 Å². The Hall–Kier alpha value is -2.96. The fraction of sp³-hybridized carbons (Fsp3) is 0.200. The molecule has 3 heterocycles. The quantitative estimate of drug-likeness (QED) is 0.722. The van der Waals surface area contributed by atoms with Crippen molar-refractivity contribution in [1.82, 2.24) is 15.0 Å². The van der Waals surface area contributed by atoms with Crippen LogP contribution in [0.15, 0.2) is 42.9 Å². The zero-order chi connectivity index (χ0) is 15.2. The highest BCUT2D eigenvalue weighted by Crippen LogP contribution is 2.23. The lowest BCUT2D eigenvalue weighted by Crippen LogP contribution is -2.16. The van der Waals surface area contributed by atoms with Crippen molar-refractivity contribution >= 4 is 17.5 Å². The molecule has 0 saturated carbocycles. The number of nitrogens with one attached hydrogen (secondary N) is 2. The van der Waals surface area contributed by atoms with Gasteiger partial charge >= 0.3 is 0 Å². The standard InChI is InChI=1S/C15H15N5O2/c21-14-11-4-8-18-15(20-11)17-6-2-1-3-9-22-13-5-7-16-10-12(13)19-14/h1-2,4-5,7-8,10H,3,6,9H2,(H,19,21)(H,17,18,20)/b2-1+.